The molecule has 0 aromatic heterocycles. The highest BCUT2D eigenvalue weighted by atomic mass is 16.6. The molecule has 0 saturated heterocycles. The van der Waals surface area contributed by atoms with E-state index in [9.17, 15) is 9.59 Å². The van der Waals surface area contributed by atoms with Gasteiger partial charge >= 0.3 is 6.09 Å². The van der Waals surface area contributed by atoms with Crippen LogP contribution in [0.5, 0.6) is 5.75 Å². The highest BCUT2D eigenvalue weighted by Gasteiger charge is 2.44. The van der Waals surface area contributed by atoms with Crippen LogP contribution in [0, 0.1) is 12.8 Å². The number of benzene rings is 2. The second-order valence-electron chi connectivity index (χ2n) is 7.42. The number of nitrogens with zero attached hydrogens (tertiary/aromatic N) is 1. The average Bonchev–Trinajstić information content (AvgIpc) is 2.73. The molecular weight excluding hydrogens is 366 g/mol. The molecule has 1 aliphatic heterocycles. The molecule has 0 radical (unpaired) electrons. The van der Waals surface area contributed by atoms with Gasteiger partial charge in [-0.2, -0.15) is 0 Å². The van der Waals surface area contributed by atoms with Gasteiger partial charge in [-0.1, -0.05) is 49.6 Å². The van der Waals surface area contributed by atoms with Crippen molar-refractivity contribution in [2.45, 2.75) is 46.1 Å². The first-order valence-electron chi connectivity index (χ1n) is 10.3. The van der Waals surface area contributed by atoms with Crippen molar-refractivity contribution in [1.82, 2.24) is 0 Å². The number of hydrogen-bond donors (Lipinski definition) is 0. The first-order chi connectivity index (χ1) is 14.0. The van der Waals surface area contributed by atoms with Crippen molar-refractivity contribution in [3.05, 3.63) is 59.2 Å². The second-order valence-corrected chi connectivity index (χ2v) is 7.42. The van der Waals surface area contributed by atoms with Crippen molar-refractivity contribution in [2.24, 2.45) is 5.92 Å². The molecule has 154 valence electrons. The number of aryl methyl sites for hydroxylation is 1. The molecule has 0 bridgehead atoms. The Labute approximate surface area is 172 Å². The Morgan fingerprint density at radius 2 is 1.83 bits per heavy atom. The topological polar surface area (TPSA) is 55.8 Å². The minimum Gasteiger partial charge on any atom is -0.497 e. The molecule has 5 heteroatoms. The number of anilines is 1. The molecular formula is C24H29NO4. The molecule has 0 aliphatic carbocycles. The van der Waals surface area contributed by atoms with Gasteiger partial charge in [-0.3, -0.25) is 9.69 Å². The number of fused-ring (bicyclic) bond motifs is 1. The van der Waals surface area contributed by atoms with E-state index in [1.807, 2.05) is 31.2 Å². The Kier molecular flexibility index (Phi) is 6.57. The third-order valence-electron chi connectivity index (χ3n) is 5.48. The lowest BCUT2D eigenvalue weighted by Crippen LogP contribution is -2.46. The van der Waals surface area contributed by atoms with Crippen LogP contribution in [0.2, 0.25) is 0 Å². The van der Waals surface area contributed by atoms with E-state index in [1.165, 1.54) is 0 Å². The largest absolute Gasteiger partial charge is 0.497 e. The standard InChI is InChI=1S/C24H29NO4/c1-5-7-8-20-22(17-11-9-16(3)10-12-17)25(24(27)29-6-2)21-15-18(28-4)13-14-19(21)23(20)26/h9-15,20,22H,5-8H2,1-4H3/t20-,22-/m0/s1. The molecule has 1 aliphatic rings. The van der Waals surface area contributed by atoms with Crippen molar-refractivity contribution in [3.8, 4) is 5.75 Å². The van der Waals surface area contributed by atoms with E-state index >= 15 is 0 Å². The molecule has 5 nitrogen and oxygen atoms in total. The fourth-order valence-corrected chi connectivity index (χ4v) is 3.98. The van der Waals surface area contributed by atoms with Gasteiger partial charge in [0.25, 0.3) is 0 Å². The van der Waals surface area contributed by atoms with Crippen LogP contribution in [0.25, 0.3) is 0 Å². The molecule has 3 rings (SSSR count). The number of hydrogen-bond acceptors (Lipinski definition) is 4. The number of carbonyl (C=O) groups is 2. The van der Waals surface area contributed by atoms with E-state index in [2.05, 4.69) is 6.92 Å². The lowest BCUT2D eigenvalue weighted by Gasteiger charge is -2.41. The predicted octanol–water partition coefficient (Wildman–Crippen LogP) is 5.71. The highest BCUT2D eigenvalue weighted by Crippen LogP contribution is 2.45. The average molecular weight is 395 g/mol. The third-order valence-corrected chi connectivity index (χ3v) is 5.48. The van der Waals surface area contributed by atoms with Crippen molar-refractivity contribution < 1.29 is 19.1 Å². The summed E-state index contributed by atoms with van der Waals surface area (Å²) in [6, 6.07) is 12.9. The summed E-state index contributed by atoms with van der Waals surface area (Å²) in [5, 5.41) is 0. The van der Waals surface area contributed by atoms with Gasteiger partial charge in [0.05, 0.1) is 25.4 Å². The van der Waals surface area contributed by atoms with E-state index in [1.54, 1.807) is 37.1 Å². The number of ketones is 1. The zero-order valence-corrected chi connectivity index (χ0v) is 17.6. The first-order valence-corrected chi connectivity index (χ1v) is 10.3. The van der Waals surface area contributed by atoms with Gasteiger partial charge in [0.15, 0.2) is 5.78 Å². The van der Waals surface area contributed by atoms with Crippen molar-refractivity contribution in [1.29, 1.82) is 0 Å². The molecule has 0 fully saturated rings. The van der Waals surface area contributed by atoms with E-state index < -0.39 is 12.1 Å². The Morgan fingerprint density at radius 3 is 2.45 bits per heavy atom. The Morgan fingerprint density at radius 1 is 1.10 bits per heavy atom. The minimum absolute atomic E-state index is 0.0715. The summed E-state index contributed by atoms with van der Waals surface area (Å²) in [4.78, 5) is 28.2. The van der Waals surface area contributed by atoms with Gasteiger partial charge in [0, 0.05) is 17.5 Å². The van der Waals surface area contributed by atoms with Crippen LogP contribution in [-0.4, -0.2) is 25.6 Å². The summed E-state index contributed by atoms with van der Waals surface area (Å²) >= 11 is 0. The summed E-state index contributed by atoms with van der Waals surface area (Å²) in [6.07, 6.45) is 2.18. The van der Waals surface area contributed by atoms with Crippen LogP contribution >= 0.6 is 0 Å². The zero-order valence-electron chi connectivity index (χ0n) is 17.6. The molecule has 2 aromatic rings. The van der Waals surface area contributed by atoms with Crippen LogP contribution in [0.1, 0.15) is 60.6 Å². The number of Topliss-reactive ketones (excluding diaryl/α,β-unsaturated/α-hetero) is 1. The zero-order chi connectivity index (χ0) is 21.0. The lowest BCUT2D eigenvalue weighted by molar-refractivity contribution is 0.0870. The molecule has 29 heavy (non-hydrogen) atoms. The monoisotopic (exact) mass is 395 g/mol. The molecule has 0 N–H and O–H groups in total. The second kappa shape index (κ2) is 9.12. The smallest absolute Gasteiger partial charge is 0.414 e. The van der Waals surface area contributed by atoms with E-state index in [4.69, 9.17) is 9.47 Å². The number of ether oxygens (including phenoxy) is 2. The Bertz CT molecular complexity index is 875. The Hall–Kier alpha value is -2.82. The van der Waals surface area contributed by atoms with Crippen LogP contribution in [-0.2, 0) is 4.74 Å². The molecule has 1 heterocycles. The lowest BCUT2D eigenvalue weighted by atomic mass is 9.78. The van der Waals surface area contributed by atoms with Crippen LogP contribution in [0.4, 0.5) is 10.5 Å². The summed E-state index contributed by atoms with van der Waals surface area (Å²) in [7, 11) is 1.57. The fraction of sp³-hybridized carbons (Fsp3) is 0.417. The van der Waals surface area contributed by atoms with Crippen LogP contribution < -0.4 is 9.64 Å². The van der Waals surface area contributed by atoms with Gasteiger partial charge in [0.1, 0.15) is 5.75 Å². The Balaban J connectivity index is 2.20. The maximum absolute atomic E-state index is 13.5. The molecule has 0 unspecified atom stereocenters. The normalized spacial score (nSPS) is 18.3. The van der Waals surface area contributed by atoms with Gasteiger partial charge in [-0.15, -0.1) is 0 Å². The van der Waals surface area contributed by atoms with Gasteiger partial charge < -0.3 is 9.47 Å². The molecule has 2 aromatic carbocycles. The number of amides is 1. The SMILES string of the molecule is CCCC[C@@H]1C(=O)c2ccc(OC)cc2N(C(=O)OCC)[C@H]1c1ccc(C)cc1. The molecule has 0 spiro atoms. The van der Waals surface area contributed by atoms with E-state index in [-0.39, 0.29) is 18.3 Å². The summed E-state index contributed by atoms with van der Waals surface area (Å²) < 4.78 is 10.8. The van der Waals surface area contributed by atoms with Crippen LogP contribution in [0.15, 0.2) is 42.5 Å². The predicted molar refractivity (Wildman–Crippen MR) is 114 cm³/mol. The highest BCUT2D eigenvalue weighted by molar-refractivity contribution is 6.10. The van der Waals surface area contributed by atoms with Gasteiger partial charge in [-0.25, -0.2) is 4.79 Å². The van der Waals surface area contributed by atoms with Crippen molar-refractivity contribution in [2.75, 3.05) is 18.6 Å². The fourth-order valence-electron chi connectivity index (χ4n) is 3.98. The number of methoxy groups -OCH3 is 1. The van der Waals surface area contributed by atoms with Crippen LogP contribution in [0.3, 0.4) is 0 Å². The number of carbonyl (C=O) groups excluding carboxylic acids is 2. The molecule has 2 atom stereocenters. The minimum atomic E-state index is -0.443. The maximum atomic E-state index is 13.5. The third kappa shape index (κ3) is 4.14. The first kappa shape index (κ1) is 20.9. The summed E-state index contributed by atoms with van der Waals surface area (Å²) in [6.45, 7) is 6.18. The van der Waals surface area contributed by atoms with Crippen molar-refractivity contribution >= 4 is 17.6 Å². The van der Waals surface area contributed by atoms with Crippen molar-refractivity contribution in [3.63, 3.8) is 0 Å². The summed E-state index contributed by atoms with van der Waals surface area (Å²) in [5.74, 6) is 0.352. The number of rotatable bonds is 6. The number of unbranched alkanes of at least 4 members (excludes halogenated alkanes) is 1. The summed E-state index contributed by atoms with van der Waals surface area (Å²) in [5.41, 5.74) is 3.16. The maximum Gasteiger partial charge on any atom is 0.414 e. The quantitative estimate of drug-likeness (QED) is 0.628. The van der Waals surface area contributed by atoms with Gasteiger partial charge in [0.2, 0.25) is 0 Å². The van der Waals surface area contributed by atoms with Gasteiger partial charge in [-0.05, 0) is 38.0 Å². The van der Waals surface area contributed by atoms with E-state index in [0.29, 0.717) is 17.0 Å². The van der Waals surface area contributed by atoms with E-state index in [0.717, 1.165) is 30.4 Å². The molecule has 1 amide bonds. The molecule has 0 saturated carbocycles.